The highest BCUT2D eigenvalue weighted by atomic mass is 16.5. The number of nitrogens with one attached hydrogen (secondary N) is 1. The van der Waals surface area contributed by atoms with E-state index >= 15 is 0 Å². The minimum absolute atomic E-state index is 0.0265. The van der Waals surface area contributed by atoms with Crippen molar-refractivity contribution in [1.82, 2.24) is 25.0 Å². The molecule has 0 saturated carbocycles. The molecule has 4 aromatic rings. The maximum atomic E-state index is 13.4. The predicted molar refractivity (Wildman–Crippen MR) is 115 cm³/mol. The number of rotatable bonds is 3. The average Bonchev–Trinajstić information content (AvgIpc) is 3.36. The second kappa shape index (κ2) is 7.23. The summed E-state index contributed by atoms with van der Waals surface area (Å²) in [6, 6.07) is 9.99. The number of amides is 1. The van der Waals surface area contributed by atoms with Crippen molar-refractivity contribution in [2.75, 3.05) is 13.1 Å². The van der Waals surface area contributed by atoms with Crippen molar-refractivity contribution >= 4 is 28.0 Å². The first-order valence-electron chi connectivity index (χ1n) is 10.5. The van der Waals surface area contributed by atoms with E-state index in [1.165, 1.54) is 0 Å². The molecule has 3 aromatic heterocycles. The number of aromatic amines is 1. The first kappa shape index (κ1) is 18.8. The average molecular weight is 403 g/mol. The molecule has 1 aliphatic rings. The Hall–Kier alpha value is -3.22. The van der Waals surface area contributed by atoms with E-state index < -0.39 is 0 Å². The monoisotopic (exact) mass is 403 g/mol. The number of aromatic nitrogens is 4. The minimum atomic E-state index is 0.0265. The summed E-state index contributed by atoms with van der Waals surface area (Å²) in [5.41, 5.74) is 4.69. The van der Waals surface area contributed by atoms with Crippen molar-refractivity contribution in [2.45, 2.75) is 45.4 Å². The number of fused-ring (bicyclic) bond motifs is 2. The van der Waals surface area contributed by atoms with Gasteiger partial charge in [0.15, 0.2) is 0 Å². The molecule has 1 fully saturated rings. The molecule has 0 aliphatic carbocycles. The van der Waals surface area contributed by atoms with Crippen LogP contribution in [0.1, 0.15) is 66.1 Å². The van der Waals surface area contributed by atoms with E-state index in [2.05, 4.69) is 29.0 Å². The number of likely N-dealkylation sites (tertiary alicyclic amines) is 1. The van der Waals surface area contributed by atoms with Gasteiger partial charge in [-0.2, -0.15) is 0 Å². The van der Waals surface area contributed by atoms with E-state index in [1.807, 2.05) is 42.2 Å². The molecule has 5 rings (SSSR count). The topological polar surface area (TPSA) is 87.9 Å². The van der Waals surface area contributed by atoms with Crippen LogP contribution in [0, 0.1) is 6.92 Å². The SMILES string of the molecule is Cc1noc2nc(C(C)C)cc(C(=O)N3CCC(c4nc5ccccc5[nH]4)CC3)c12. The van der Waals surface area contributed by atoms with E-state index in [4.69, 9.17) is 9.51 Å². The Morgan fingerprint density at radius 2 is 1.97 bits per heavy atom. The van der Waals surface area contributed by atoms with Crippen LogP contribution in [-0.2, 0) is 0 Å². The van der Waals surface area contributed by atoms with Crippen LogP contribution in [0.25, 0.3) is 22.1 Å². The predicted octanol–water partition coefficient (Wildman–Crippen LogP) is 4.55. The summed E-state index contributed by atoms with van der Waals surface area (Å²) in [7, 11) is 0. The number of piperidine rings is 1. The smallest absolute Gasteiger partial charge is 0.259 e. The normalized spacial score (nSPS) is 15.5. The van der Waals surface area contributed by atoms with E-state index in [0.29, 0.717) is 36.0 Å². The summed E-state index contributed by atoms with van der Waals surface area (Å²) in [5, 5.41) is 4.76. The molecule has 1 saturated heterocycles. The summed E-state index contributed by atoms with van der Waals surface area (Å²) in [6.07, 6.45) is 1.78. The van der Waals surface area contributed by atoms with Crippen LogP contribution in [0.3, 0.4) is 0 Å². The molecule has 0 bridgehead atoms. The number of hydrogen-bond acceptors (Lipinski definition) is 5. The van der Waals surface area contributed by atoms with Gasteiger partial charge in [0.1, 0.15) is 5.82 Å². The molecule has 0 radical (unpaired) electrons. The quantitative estimate of drug-likeness (QED) is 0.542. The number of pyridine rings is 1. The summed E-state index contributed by atoms with van der Waals surface area (Å²) in [6.45, 7) is 7.37. The molecule has 7 heteroatoms. The Morgan fingerprint density at radius 1 is 1.20 bits per heavy atom. The Bertz CT molecular complexity index is 1200. The lowest BCUT2D eigenvalue weighted by atomic mass is 9.95. The number of nitrogens with zero attached hydrogens (tertiary/aromatic N) is 4. The fourth-order valence-electron chi connectivity index (χ4n) is 4.27. The number of aryl methyl sites for hydroxylation is 1. The van der Waals surface area contributed by atoms with E-state index in [-0.39, 0.29) is 11.8 Å². The second-order valence-corrected chi connectivity index (χ2v) is 8.40. The Labute approximate surface area is 174 Å². The lowest BCUT2D eigenvalue weighted by Crippen LogP contribution is -2.38. The van der Waals surface area contributed by atoms with E-state index in [1.54, 1.807) is 0 Å². The van der Waals surface area contributed by atoms with Gasteiger partial charge in [0.2, 0.25) is 0 Å². The highest BCUT2D eigenvalue weighted by Gasteiger charge is 2.29. The van der Waals surface area contributed by atoms with E-state index in [0.717, 1.165) is 40.8 Å². The molecule has 1 aliphatic heterocycles. The first-order valence-corrected chi connectivity index (χ1v) is 10.5. The van der Waals surface area contributed by atoms with Gasteiger partial charge in [-0.3, -0.25) is 4.79 Å². The largest absolute Gasteiger partial charge is 0.342 e. The summed E-state index contributed by atoms with van der Waals surface area (Å²) in [5.74, 6) is 1.58. The van der Waals surface area contributed by atoms with Crippen LogP contribution in [0.2, 0.25) is 0 Å². The first-order chi connectivity index (χ1) is 14.5. The van der Waals surface area contributed by atoms with Gasteiger partial charge < -0.3 is 14.4 Å². The zero-order chi connectivity index (χ0) is 20.8. The van der Waals surface area contributed by atoms with Crippen LogP contribution in [0.5, 0.6) is 0 Å². The molecule has 154 valence electrons. The van der Waals surface area contributed by atoms with Gasteiger partial charge in [0.25, 0.3) is 11.6 Å². The van der Waals surface area contributed by atoms with Gasteiger partial charge in [-0.25, -0.2) is 9.97 Å². The summed E-state index contributed by atoms with van der Waals surface area (Å²) < 4.78 is 5.38. The fourth-order valence-corrected chi connectivity index (χ4v) is 4.27. The molecule has 1 N–H and O–H groups in total. The van der Waals surface area contributed by atoms with Crippen LogP contribution in [-0.4, -0.2) is 44.0 Å². The number of para-hydroxylation sites is 2. The molecule has 4 heterocycles. The number of carbonyl (C=O) groups is 1. The second-order valence-electron chi connectivity index (χ2n) is 8.40. The zero-order valence-corrected chi connectivity index (χ0v) is 17.5. The molecular formula is C23H25N5O2. The summed E-state index contributed by atoms with van der Waals surface area (Å²) >= 11 is 0. The third-order valence-electron chi connectivity index (χ3n) is 6.04. The summed E-state index contributed by atoms with van der Waals surface area (Å²) in [4.78, 5) is 28.1. The molecule has 0 spiro atoms. The number of carbonyl (C=O) groups excluding carboxylic acids is 1. The standard InChI is InChI=1S/C23H25N5O2/c1-13(2)19-12-16(20-14(3)27-30-22(20)26-19)23(29)28-10-8-15(9-11-28)21-24-17-6-4-5-7-18(17)25-21/h4-7,12-13,15H,8-11H2,1-3H3,(H,24,25). The van der Waals surface area contributed by atoms with Crippen molar-refractivity contribution in [1.29, 1.82) is 0 Å². The van der Waals surface area contributed by atoms with Crippen LogP contribution >= 0.6 is 0 Å². The van der Waals surface area contributed by atoms with Gasteiger partial charge >= 0.3 is 0 Å². The molecule has 1 aromatic carbocycles. The maximum absolute atomic E-state index is 13.4. The fraction of sp³-hybridized carbons (Fsp3) is 0.391. The minimum Gasteiger partial charge on any atom is -0.342 e. The maximum Gasteiger partial charge on any atom is 0.259 e. The molecule has 0 atom stereocenters. The van der Waals surface area contributed by atoms with Crippen LogP contribution < -0.4 is 0 Å². The van der Waals surface area contributed by atoms with Gasteiger partial charge in [-0.15, -0.1) is 0 Å². The molecule has 1 amide bonds. The van der Waals surface area contributed by atoms with E-state index in [9.17, 15) is 4.79 Å². The zero-order valence-electron chi connectivity index (χ0n) is 17.5. The third-order valence-corrected chi connectivity index (χ3v) is 6.04. The molecule has 0 unspecified atom stereocenters. The van der Waals surface area contributed by atoms with Crippen molar-refractivity contribution < 1.29 is 9.32 Å². The van der Waals surface area contributed by atoms with Crippen LogP contribution in [0.15, 0.2) is 34.9 Å². The van der Waals surface area contributed by atoms with Gasteiger partial charge in [-0.05, 0) is 43.9 Å². The molecule has 30 heavy (non-hydrogen) atoms. The Kier molecular flexibility index (Phi) is 4.53. The Balaban J connectivity index is 1.38. The highest BCUT2D eigenvalue weighted by molar-refractivity contribution is 6.06. The van der Waals surface area contributed by atoms with Gasteiger partial charge in [0, 0.05) is 24.7 Å². The van der Waals surface area contributed by atoms with Crippen molar-refractivity contribution in [3.8, 4) is 0 Å². The molecule has 7 nitrogen and oxygen atoms in total. The van der Waals surface area contributed by atoms with Crippen molar-refractivity contribution in [3.05, 3.63) is 53.1 Å². The Morgan fingerprint density at radius 3 is 2.70 bits per heavy atom. The molecular weight excluding hydrogens is 378 g/mol. The number of imidazole rings is 1. The number of hydrogen-bond donors (Lipinski definition) is 1. The van der Waals surface area contributed by atoms with Crippen LogP contribution in [0.4, 0.5) is 0 Å². The third kappa shape index (κ3) is 3.14. The lowest BCUT2D eigenvalue weighted by Gasteiger charge is -2.31. The lowest BCUT2D eigenvalue weighted by molar-refractivity contribution is 0.0713. The number of H-pyrrole nitrogens is 1. The van der Waals surface area contributed by atoms with Gasteiger partial charge in [-0.1, -0.05) is 31.1 Å². The highest BCUT2D eigenvalue weighted by Crippen LogP contribution is 2.31. The van der Waals surface area contributed by atoms with Gasteiger partial charge in [0.05, 0.1) is 27.7 Å². The van der Waals surface area contributed by atoms with Crippen molar-refractivity contribution in [3.63, 3.8) is 0 Å². The number of benzene rings is 1. The van der Waals surface area contributed by atoms with Crippen molar-refractivity contribution in [2.24, 2.45) is 0 Å².